The van der Waals surface area contributed by atoms with Gasteiger partial charge in [-0.1, -0.05) is 81.6 Å². The van der Waals surface area contributed by atoms with Crippen molar-refractivity contribution < 1.29 is 23.5 Å². The molecule has 220 valence electrons. The van der Waals surface area contributed by atoms with Crippen LogP contribution in [0.2, 0.25) is 33.3 Å². The second-order valence-electron chi connectivity index (χ2n) is 11.3. The lowest BCUT2D eigenvalue weighted by molar-refractivity contribution is -0.137. The lowest BCUT2D eigenvalue weighted by atomic mass is 10.0. The summed E-state index contributed by atoms with van der Waals surface area (Å²) in [5.41, 5.74) is 0.415. The third-order valence-corrected chi connectivity index (χ3v) is 12.5. The van der Waals surface area contributed by atoms with Crippen LogP contribution in [0.1, 0.15) is 58.4 Å². The van der Waals surface area contributed by atoms with Gasteiger partial charge < -0.3 is 14.3 Å². The zero-order valence-corrected chi connectivity index (χ0v) is 27.5. The molecule has 1 aromatic carbocycles. The Kier molecular flexibility index (Phi) is 12.2. The van der Waals surface area contributed by atoms with Crippen molar-refractivity contribution in [1.29, 1.82) is 0 Å². The van der Waals surface area contributed by atoms with Crippen molar-refractivity contribution >= 4 is 61.1 Å². The monoisotopic (exact) mass is 630 g/mol. The Labute approximate surface area is 252 Å². The molecule has 0 saturated heterocycles. The van der Waals surface area contributed by atoms with Gasteiger partial charge in [0.15, 0.2) is 8.32 Å². The maximum atomic E-state index is 14.5. The van der Waals surface area contributed by atoms with E-state index in [1.807, 2.05) is 13.8 Å². The van der Waals surface area contributed by atoms with Crippen LogP contribution in [0.25, 0.3) is 5.76 Å². The second kappa shape index (κ2) is 14.3. The molecule has 0 bridgehead atoms. The number of nitrogens with zero attached hydrogens (tertiary/aromatic N) is 2. The Balaban J connectivity index is 2.54. The molecule has 0 unspecified atom stereocenters. The van der Waals surface area contributed by atoms with E-state index in [0.717, 1.165) is 0 Å². The number of pyridine rings is 1. The number of ether oxygens (including phenoxy) is 1. The maximum Gasteiger partial charge on any atom is 0.343 e. The van der Waals surface area contributed by atoms with Crippen LogP contribution in [0.5, 0.6) is 0 Å². The van der Waals surface area contributed by atoms with Gasteiger partial charge in [0.1, 0.15) is 22.3 Å². The van der Waals surface area contributed by atoms with Gasteiger partial charge in [0.05, 0.1) is 29.3 Å². The molecular weight excluding hydrogens is 594 g/mol. The molecule has 11 heteroatoms. The smallest absolute Gasteiger partial charge is 0.343 e. The van der Waals surface area contributed by atoms with E-state index in [9.17, 15) is 14.3 Å². The van der Waals surface area contributed by atoms with Gasteiger partial charge in [-0.05, 0) is 48.7 Å². The summed E-state index contributed by atoms with van der Waals surface area (Å²) in [6.45, 7) is 16.9. The molecule has 1 aromatic heterocycles. The van der Waals surface area contributed by atoms with Gasteiger partial charge in [-0.3, -0.25) is 4.99 Å². The van der Waals surface area contributed by atoms with E-state index < -0.39 is 25.9 Å². The normalized spacial score (nSPS) is 14.0. The van der Waals surface area contributed by atoms with Gasteiger partial charge in [-0.25, -0.2) is 14.2 Å². The van der Waals surface area contributed by atoms with Gasteiger partial charge in [-0.2, -0.15) is 0 Å². The average Bonchev–Trinajstić information content (AvgIpc) is 2.85. The van der Waals surface area contributed by atoms with E-state index in [0.29, 0.717) is 12.3 Å². The van der Waals surface area contributed by atoms with Crippen LogP contribution < -0.4 is 0 Å². The van der Waals surface area contributed by atoms with E-state index in [1.165, 1.54) is 18.3 Å². The number of hydrogen-bond donors (Lipinski definition) is 1. The first-order valence-corrected chi connectivity index (χ1v) is 17.1. The number of aliphatic imine (C=N–C) groups is 1. The average molecular weight is 632 g/mol. The van der Waals surface area contributed by atoms with Crippen molar-refractivity contribution in [2.24, 2.45) is 10.9 Å². The fourth-order valence-electron chi connectivity index (χ4n) is 3.34. The van der Waals surface area contributed by atoms with Crippen LogP contribution in [-0.4, -0.2) is 49.8 Å². The van der Waals surface area contributed by atoms with Crippen molar-refractivity contribution in [3.63, 3.8) is 0 Å². The van der Waals surface area contributed by atoms with E-state index in [4.69, 9.17) is 44.0 Å². The molecule has 0 spiro atoms. The van der Waals surface area contributed by atoms with Gasteiger partial charge >= 0.3 is 5.97 Å². The molecule has 0 aliphatic carbocycles. The molecule has 0 aliphatic heterocycles. The number of benzene rings is 1. The second-order valence-corrected chi connectivity index (χ2v) is 17.3. The summed E-state index contributed by atoms with van der Waals surface area (Å²) in [7, 11) is -2.04. The molecule has 40 heavy (non-hydrogen) atoms. The van der Waals surface area contributed by atoms with Crippen LogP contribution in [0.4, 0.5) is 4.39 Å². The molecule has 2 rings (SSSR count). The Morgan fingerprint density at radius 2 is 1.88 bits per heavy atom. The lowest BCUT2D eigenvalue weighted by Crippen LogP contribution is -2.43. The number of hydrogen-bond acceptors (Lipinski definition) is 6. The summed E-state index contributed by atoms with van der Waals surface area (Å²) in [4.78, 5) is 21.8. The fourth-order valence-corrected chi connectivity index (χ4v) is 4.96. The SMILES string of the molecule is CCOC(=O)/C(C=N[C@H](CO[Si](C)(C)C(C)(C)C)C(C)C)=C(\O)c1cc(Cc2cccc(Cl)c2F)nc(Cl)c1Cl. The van der Waals surface area contributed by atoms with Crippen LogP contribution in [-0.2, 0) is 20.4 Å². The summed E-state index contributed by atoms with van der Waals surface area (Å²) in [6, 6.07) is 5.78. The number of carbonyl (C=O) groups excluding carboxylic acids is 1. The Morgan fingerprint density at radius 3 is 2.45 bits per heavy atom. The molecule has 1 heterocycles. The van der Waals surface area contributed by atoms with Crippen molar-refractivity contribution in [3.05, 3.63) is 67.7 Å². The summed E-state index contributed by atoms with van der Waals surface area (Å²) < 4.78 is 26.1. The molecule has 6 nitrogen and oxygen atoms in total. The van der Waals surface area contributed by atoms with E-state index in [2.05, 4.69) is 43.8 Å². The van der Waals surface area contributed by atoms with Gasteiger partial charge in [0.2, 0.25) is 0 Å². The number of aromatic nitrogens is 1. The highest BCUT2D eigenvalue weighted by Gasteiger charge is 2.37. The minimum Gasteiger partial charge on any atom is -0.506 e. The molecule has 1 atom stereocenters. The predicted octanol–water partition coefficient (Wildman–Crippen LogP) is 8.72. The van der Waals surface area contributed by atoms with Crippen LogP contribution in [0.3, 0.4) is 0 Å². The molecule has 0 aliphatic rings. The first-order chi connectivity index (χ1) is 18.5. The quantitative estimate of drug-likeness (QED) is 0.0670. The minimum absolute atomic E-state index is 0.0204. The zero-order valence-electron chi connectivity index (χ0n) is 24.2. The fraction of sp³-hybridized carbons (Fsp3) is 0.483. The number of aliphatic hydroxyl groups is 1. The zero-order chi connectivity index (χ0) is 30.4. The van der Waals surface area contributed by atoms with Crippen LogP contribution in [0.15, 0.2) is 34.8 Å². The van der Waals surface area contributed by atoms with Crippen LogP contribution in [0, 0.1) is 11.7 Å². The third kappa shape index (κ3) is 8.76. The summed E-state index contributed by atoms with van der Waals surface area (Å²) in [6.07, 6.45) is 1.31. The summed E-state index contributed by atoms with van der Waals surface area (Å²) in [5.74, 6) is -1.78. The third-order valence-electron chi connectivity index (χ3n) is 6.96. The highest BCUT2D eigenvalue weighted by Crippen LogP contribution is 2.37. The molecule has 0 fully saturated rings. The number of halogens is 4. The van der Waals surface area contributed by atoms with Gasteiger partial charge in [-0.15, -0.1) is 0 Å². The van der Waals surface area contributed by atoms with Crippen LogP contribution >= 0.6 is 34.8 Å². The predicted molar refractivity (Wildman–Crippen MR) is 165 cm³/mol. The summed E-state index contributed by atoms with van der Waals surface area (Å²) in [5, 5.41) is 11.1. The van der Waals surface area contributed by atoms with E-state index >= 15 is 0 Å². The standard InChI is InChI=1S/C29H38Cl3FN2O4Si/c1-9-38-28(37)21(15-34-23(17(2)3)16-39-40(7,8)29(4,5)6)26(36)20-14-19(35-27(32)24(20)31)13-18-11-10-12-22(30)25(18)33/h10-12,14-15,17,23,36H,9,13,16H2,1-8H3/b26-21-,34-15?/t23-/m1/s1. The first kappa shape index (κ1) is 34.2. The van der Waals surface area contributed by atoms with E-state index in [1.54, 1.807) is 19.1 Å². The molecule has 0 saturated carbocycles. The molecular formula is C29H38Cl3FN2O4Si. The summed E-state index contributed by atoms with van der Waals surface area (Å²) >= 11 is 18.6. The largest absolute Gasteiger partial charge is 0.506 e. The lowest BCUT2D eigenvalue weighted by Gasteiger charge is -2.37. The molecule has 1 N–H and O–H groups in total. The first-order valence-electron chi connectivity index (χ1n) is 13.1. The Morgan fingerprint density at radius 1 is 1.23 bits per heavy atom. The van der Waals surface area contributed by atoms with Gasteiger partial charge in [0.25, 0.3) is 0 Å². The Hall–Kier alpha value is -1.97. The van der Waals surface area contributed by atoms with Crippen molar-refractivity contribution in [3.8, 4) is 0 Å². The van der Waals surface area contributed by atoms with Gasteiger partial charge in [0, 0.05) is 23.9 Å². The molecule has 0 radical (unpaired) electrons. The molecule has 0 amide bonds. The van der Waals surface area contributed by atoms with Crippen molar-refractivity contribution in [2.45, 2.75) is 72.1 Å². The molecule has 2 aromatic rings. The number of rotatable bonds is 11. The number of carbonyl (C=O) groups is 1. The topological polar surface area (TPSA) is 81.0 Å². The minimum atomic E-state index is -2.04. The highest BCUT2D eigenvalue weighted by molar-refractivity contribution is 6.74. The highest BCUT2D eigenvalue weighted by atomic mass is 35.5. The van der Waals surface area contributed by atoms with E-state index in [-0.39, 0.29) is 61.9 Å². The maximum absolute atomic E-state index is 14.5. The van der Waals surface area contributed by atoms with Crippen molar-refractivity contribution in [2.75, 3.05) is 13.2 Å². The number of aliphatic hydroxyl groups excluding tert-OH is 1. The Bertz CT molecular complexity index is 1280. The number of esters is 1. The van der Waals surface area contributed by atoms with Crippen molar-refractivity contribution in [1.82, 2.24) is 4.98 Å².